The van der Waals surface area contributed by atoms with Gasteiger partial charge in [-0.05, 0) is 143 Å². The molecule has 4 rings (SSSR count). The van der Waals surface area contributed by atoms with Crippen LogP contribution in [0.15, 0.2) is 0 Å². The van der Waals surface area contributed by atoms with Crippen molar-refractivity contribution in [2.45, 2.75) is 166 Å². The van der Waals surface area contributed by atoms with Gasteiger partial charge in [-0.1, -0.05) is 74.7 Å². The first-order valence-electron chi connectivity index (χ1n) is 18.9. The number of fused-ring (bicyclic) bond motifs is 5. The van der Waals surface area contributed by atoms with Crippen molar-refractivity contribution in [2.75, 3.05) is 13.2 Å². The zero-order valence-corrected chi connectivity index (χ0v) is 31.0. The largest absolute Gasteiger partial charge is 0.462 e. The van der Waals surface area contributed by atoms with Crippen LogP contribution < -0.4 is 0 Å². The molecular formula is C40H74O4. The summed E-state index contributed by atoms with van der Waals surface area (Å²) in [6.07, 6.45) is 17.5. The van der Waals surface area contributed by atoms with E-state index in [2.05, 4.69) is 27.7 Å². The Kier molecular flexibility index (Phi) is 13.0. The second-order valence-electron chi connectivity index (χ2n) is 18.8. The Labute approximate surface area is 273 Å². The zero-order valence-electron chi connectivity index (χ0n) is 31.0. The molecule has 0 aromatic rings. The lowest BCUT2D eigenvalue weighted by atomic mass is 9.46. The molecule has 0 bridgehead atoms. The van der Waals surface area contributed by atoms with E-state index in [-0.39, 0.29) is 41.5 Å². The predicted octanol–water partition coefficient (Wildman–Crippen LogP) is 10.1. The maximum absolute atomic E-state index is 12.5. The van der Waals surface area contributed by atoms with Crippen molar-refractivity contribution in [1.29, 1.82) is 0 Å². The van der Waals surface area contributed by atoms with E-state index in [4.69, 9.17) is 14.9 Å². The highest BCUT2D eigenvalue weighted by Crippen LogP contribution is 2.64. The van der Waals surface area contributed by atoms with E-state index in [0.29, 0.717) is 5.41 Å². The Morgan fingerprint density at radius 1 is 0.841 bits per heavy atom. The Bertz CT molecular complexity index is 884. The third kappa shape index (κ3) is 8.26. The van der Waals surface area contributed by atoms with Gasteiger partial charge >= 0.3 is 5.97 Å². The summed E-state index contributed by atoms with van der Waals surface area (Å²) in [4.78, 5) is 12.5. The number of carbonyl (C=O) groups is 1. The number of rotatable bonds is 9. The highest BCUT2D eigenvalue weighted by atomic mass is 16.5. The molecule has 0 aliphatic heterocycles. The van der Waals surface area contributed by atoms with Gasteiger partial charge in [0.05, 0.1) is 18.6 Å². The molecule has 0 amide bonds. The monoisotopic (exact) mass is 619 g/mol. The third-order valence-electron chi connectivity index (χ3n) is 13.9. The Morgan fingerprint density at radius 3 is 1.98 bits per heavy atom. The number of esters is 1. The summed E-state index contributed by atoms with van der Waals surface area (Å²) in [7, 11) is 0. The summed E-state index contributed by atoms with van der Waals surface area (Å²) >= 11 is 0. The summed E-state index contributed by atoms with van der Waals surface area (Å²) in [5, 5.41) is 18.3. The van der Waals surface area contributed by atoms with Crippen LogP contribution in [-0.2, 0) is 9.53 Å². The predicted molar refractivity (Wildman–Crippen MR) is 184 cm³/mol. The molecule has 0 aromatic carbocycles. The molecule has 0 aromatic heterocycles. The molecular weight excluding hydrogens is 544 g/mol. The van der Waals surface area contributed by atoms with E-state index < -0.39 is 0 Å². The number of hydrogen-bond acceptors (Lipinski definition) is 4. The van der Waals surface area contributed by atoms with E-state index in [1.807, 2.05) is 48.5 Å². The van der Waals surface area contributed by atoms with Crippen molar-refractivity contribution in [3.05, 3.63) is 0 Å². The standard InChI is InChI=1S/C31H54O2.C9H20O2/c1-20(2)9-8-10-21(3)24-13-14-26-25(24)15-16-28-27(26)12-11-22-19-23(17-18-31(22,28)7)33-29(32)30(4,5)6;1-5-9(6-10,7-11)8(2,3)4/h20-28H,8-19H2,1-7H3;10-11H,5-7H2,1-4H3/t21-,22?,23+,24?,25?,26?,27?,28?,31+;/m1./s1. The van der Waals surface area contributed by atoms with Crippen molar-refractivity contribution in [1.82, 2.24) is 0 Å². The highest BCUT2D eigenvalue weighted by Gasteiger charge is 2.57. The summed E-state index contributed by atoms with van der Waals surface area (Å²) in [6, 6.07) is 0. The molecule has 258 valence electrons. The van der Waals surface area contributed by atoms with Crippen LogP contribution in [-0.4, -0.2) is 35.5 Å². The van der Waals surface area contributed by atoms with Gasteiger partial charge in [-0.3, -0.25) is 4.79 Å². The van der Waals surface area contributed by atoms with Crippen molar-refractivity contribution < 1.29 is 19.7 Å². The Morgan fingerprint density at radius 2 is 1.45 bits per heavy atom. The molecule has 0 spiro atoms. The molecule has 4 fully saturated rings. The Balaban J connectivity index is 0.000000411. The summed E-state index contributed by atoms with van der Waals surface area (Å²) in [5.41, 5.74) is -0.264. The fourth-order valence-corrected chi connectivity index (χ4v) is 10.4. The smallest absolute Gasteiger partial charge is 0.311 e. The van der Waals surface area contributed by atoms with E-state index >= 15 is 0 Å². The van der Waals surface area contributed by atoms with Crippen LogP contribution in [0.1, 0.15) is 160 Å². The van der Waals surface area contributed by atoms with Gasteiger partial charge in [0.25, 0.3) is 0 Å². The number of ether oxygens (including phenoxy) is 1. The van der Waals surface area contributed by atoms with Crippen LogP contribution in [0.5, 0.6) is 0 Å². The van der Waals surface area contributed by atoms with Crippen LogP contribution in [0.2, 0.25) is 0 Å². The molecule has 4 aliphatic carbocycles. The molecule has 4 aliphatic rings. The molecule has 4 heteroatoms. The maximum atomic E-state index is 12.5. The van der Waals surface area contributed by atoms with Crippen LogP contribution in [0.4, 0.5) is 0 Å². The zero-order chi connectivity index (χ0) is 33.1. The molecule has 0 heterocycles. The van der Waals surface area contributed by atoms with Gasteiger partial charge in [-0.2, -0.15) is 0 Å². The second kappa shape index (κ2) is 15.1. The molecule has 0 saturated heterocycles. The topological polar surface area (TPSA) is 66.8 Å². The van der Waals surface area contributed by atoms with Gasteiger partial charge in [0.1, 0.15) is 6.10 Å². The van der Waals surface area contributed by atoms with Gasteiger partial charge < -0.3 is 14.9 Å². The maximum Gasteiger partial charge on any atom is 0.311 e. The average molecular weight is 619 g/mol. The van der Waals surface area contributed by atoms with Crippen LogP contribution in [0, 0.1) is 69.0 Å². The van der Waals surface area contributed by atoms with Crippen molar-refractivity contribution in [3.63, 3.8) is 0 Å². The van der Waals surface area contributed by atoms with Gasteiger partial charge in [0.2, 0.25) is 0 Å². The molecule has 0 radical (unpaired) electrons. The average Bonchev–Trinajstić information content (AvgIpc) is 3.38. The number of aliphatic hydroxyl groups excluding tert-OH is 2. The normalized spacial score (nSPS) is 34.7. The fraction of sp³-hybridized carbons (Fsp3) is 0.975. The van der Waals surface area contributed by atoms with Crippen LogP contribution in [0.25, 0.3) is 0 Å². The SMILES string of the molecule is CC(C)CCC[C@@H](C)C1CCC2C1CCC1C2CCC2C[C@@H](OC(=O)C(C)(C)C)CC[C@@]21C.CCC(CO)(CO)C(C)(C)C. The molecule has 44 heavy (non-hydrogen) atoms. The van der Waals surface area contributed by atoms with Crippen molar-refractivity contribution >= 4 is 5.97 Å². The van der Waals surface area contributed by atoms with Gasteiger partial charge in [0.15, 0.2) is 0 Å². The first kappa shape index (κ1) is 37.8. The Hall–Kier alpha value is -0.610. The lowest BCUT2D eigenvalue weighted by molar-refractivity contribution is -0.168. The molecule has 6 unspecified atom stereocenters. The highest BCUT2D eigenvalue weighted by molar-refractivity contribution is 5.75. The fourth-order valence-electron chi connectivity index (χ4n) is 10.4. The van der Waals surface area contributed by atoms with Gasteiger partial charge in [-0.25, -0.2) is 0 Å². The first-order valence-corrected chi connectivity index (χ1v) is 18.9. The lowest BCUT2D eigenvalue weighted by Gasteiger charge is -2.59. The van der Waals surface area contributed by atoms with Crippen molar-refractivity contribution in [2.24, 2.45) is 69.0 Å². The quantitative estimate of drug-likeness (QED) is 0.252. The summed E-state index contributed by atoms with van der Waals surface area (Å²) in [6.45, 7) is 24.1. The molecule has 9 atom stereocenters. The number of carbonyl (C=O) groups excluding carboxylic acids is 1. The van der Waals surface area contributed by atoms with E-state index in [1.165, 1.54) is 64.2 Å². The minimum Gasteiger partial charge on any atom is -0.462 e. The lowest BCUT2D eigenvalue weighted by Crippen LogP contribution is -2.52. The van der Waals surface area contributed by atoms with E-state index in [1.54, 1.807) is 0 Å². The second-order valence-corrected chi connectivity index (χ2v) is 18.8. The minimum atomic E-state index is -0.387. The number of hydrogen-bond donors (Lipinski definition) is 2. The van der Waals surface area contributed by atoms with Crippen molar-refractivity contribution in [3.8, 4) is 0 Å². The van der Waals surface area contributed by atoms with Crippen LogP contribution in [0.3, 0.4) is 0 Å². The van der Waals surface area contributed by atoms with E-state index in [9.17, 15) is 4.79 Å². The number of aliphatic hydroxyl groups is 2. The minimum absolute atomic E-state index is 0.00944. The molecule has 4 nitrogen and oxygen atoms in total. The first-order chi connectivity index (χ1) is 20.4. The van der Waals surface area contributed by atoms with Gasteiger partial charge in [0, 0.05) is 5.41 Å². The molecule has 2 N–H and O–H groups in total. The van der Waals surface area contributed by atoms with E-state index in [0.717, 1.165) is 66.6 Å². The van der Waals surface area contributed by atoms with Crippen LogP contribution >= 0.6 is 0 Å². The van der Waals surface area contributed by atoms with Gasteiger partial charge in [-0.15, -0.1) is 0 Å². The molecule has 4 saturated carbocycles. The summed E-state index contributed by atoms with van der Waals surface area (Å²) < 4.78 is 6.00. The third-order valence-corrected chi connectivity index (χ3v) is 13.9. The summed E-state index contributed by atoms with van der Waals surface area (Å²) in [5.74, 6) is 7.46.